The molecular formula is C29H40N4O5. The van der Waals surface area contributed by atoms with Gasteiger partial charge in [0.2, 0.25) is 0 Å². The number of carbonyl (C=O) groups excluding carboxylic acids is 3. The van der Waals surface area contributed by atoms with E-state index in [0.29, 0.717) is 29.1 Å². The van der Waals surface area contributed by atoms with Crippen molar-refractivity contribution < 1.29 is 23.9 Å². The summed E-state index contributed by atoms with van der Waals surface area (Å²) in [6.45, 7) is 4.64. The molecule has 0 aromatic heterocycles. The Hall–Kier alpha value is -3.07. The van der Waals surface area contributed by atoms with Gasteiger partial charge in [-0.15, -0.1) is 0 Å². The zero-order valence-corrected chi connectivity index (χ0v) is 22.7. The molecule has 1 aromatic carbocycles. The van der Waals surface area contributed by atoms with Crippen molar-refractivity contribution in [2.24, 2.45) is 17.8 Å². The molecule has 3 N–H and O–H groups in total. The van der Waals surface area contributed by atoms with Crippen molar-refractivity contribution >= 4 is 23.7 Å². The molecular weight excluding hydrogens is 484 g/mol. The van der Waals surface area contributed by atoms with Crippen LogP contribution in [-0.4, -0.2) is 55.3 Å². The third-order valence-electron chi connectivity index (χ3n) is 8.68. The number of allylic oxidation sites excluding steroid dienone is 1. The molecule has 4 aliphatic carbocycles. The smallest absolute Gasteiger partial charge is 0.338 e. The minimum Gasteiger partial charge on any atom is -0.460 e. The first kappa shape index (κ1) is 26.5. The second-order valence-corrected chi connectivity index (χ2v) is 11.6. The molecule has 9 nitrogen and oxygen atoms in total. The van der Waals surface area contributed by atoms with Gasteiger partial charge in [-0.1, -0.05) is 19.1 Å². The number of methoxy groups -OCH3 is 1. The molecule has 1 atom stereocenters. The van der Waals surface area contributed by atoms with Gasteiger partial charge in [-0.3, -0.25) is 4.90 Å². The number of urea groups is 2. The van der Waals surface area contributed by atoms with Crippen molar-refractivity contribution in [3.05, 3.63) is 41.1 Å². The number of carbonyl (C=O) groups is 3. The lowest BCUT2D eigenvalue weighted by molar-refractivity contribution is -0.140. The summed E-state index contributed by atoms with van der Waals surface area (Å²) in [6, 6.07) is 6.15. The van der Waals surface area contributed by atoms with Crippen molar-refractivity contribution in [3.8, 4) is 0 Å². The molecule has 206 valence electrons. The second kappa shape index (κ2) is 11.0. The summed E-state index contributed by atoms with van der Waals surface area (Å²) in [4.78, 5) is 40.8. The number of amides is 4. The van der Waals surface area contributed by atoms with E-state index in [1.165, 1.54) is 19.3 Å². The van der Waals surface area contributed by atoms with Gasteiger partial charge in [-0.2, -0.15) is 0 Å². The molecule has 0 saturated heterocycles. The maximum atomic E-state index is 13.1. The lowest BCUT2D eigenvalue weighted by atomic mass is 9.53. The van der Waals surface area contributed by atoms with Crippen LogP contribution in [0.4, 0.5) is 15.3 Å². The van der Waals surface area contributed by atoms with Crippen LogP contribution in [0.2, 0.25) is 0 Å². The van der Waals surface area contributed by atoms with E-state index in [1.54, 1.807) is 18.9 Å². The Labute approximate surface area is 224 Å². The number of hydrogen-bond donors (Lipinski definition) is 3. The third-order valence-corrected chi connectivity index (χ3v) is 8.68. The average molecular weight is 525 g/mol. The fraction of sp³-hybridized carbons (Fsp3) is 0.621. The van der Waals surface area contributed by atoms with E-state index in [4.69, 9.17) is 9.47 Å². The quantitative estimate of drug-likeness (QED) is 0.320. The highest BCUT2D eigenvalue weighted by atomic mass is 16.6. The Bertz CT molecular complexity index is 1080. The van der Waals surface area contributed by atoms with E-state index in [9.17, 15) is 14.4 Å². The molecule has 1 unspecified atom stereocenters. The molecule has 4 bridgehead atoms. The highest BCUT2D eigenvalue weighted by Crippen LogP contribution is 2.55. The van der Waals surface area contributed by atoms with Gasteiger partial charge in [0.1, 0.15) is 6.61 Å². The van der Waals surface area contributed by atoms with Gasteiger partial charge in [-0.05, 0) is 87.3 Å². The zero-order valence-electron chi connectivity index (χ0n) is 22.7. The van der Waals surface area contributed by atoms with Crippen molar-refractivity contribution in [2.75, 3.05) is 32.2 Å². The first-order chi connectivity index (χ1) is 18.3. The topological polar surface area (TPSA) is 109 Å². The Morgan fingerprint density at radius 3 is 2.42 bits per heavy atom. The van der Waals surface area contributed by atoms with E-state index in [-0.39, 0.29) is 30.8 Å². The van der Waals surface area contributed by atoms with E-state index in [2.05, 4.69) is 16.0 Å². The summed E-state index contributed by atoms with van der Waals surface area (Å²) in [6.07, 6.45) is 7.93. The Morgan fingerprint density at radius 1 is 1.11 bits per heavy atom. The maximum Gasteiger partial charge on any atom is 0.338 e. The molecule has 1 aromatic rings. The van der Waals surface area contributed by atoms with Gasteiger partial charge < -0.3 is 25.4 Å². The number of ether oxygens (including phenoxy) is 2. The Morgan fingerprint density at radius 2 is 1.79 bits per heavy atom. The van der Waals surface area contributed by atoms with Crippen LogP contribution >= 0.6 is 0 Å². The second-order valence-electron chi connectivity index (χ2n) is 11.6. The van der Waals surface area contributed by atoms with Crippen molar-refractivity contribution in [3.63, 3.8) is 0 Å². The summed E-state index contributed by atoms with van der Waals surface area (Å²) in [7, 11) is 1.54. The number of nitrogens with zero attached hydrogens (tertiary/aromatic N) is 1. The van der Waals surface area contributed by atoms with Gasteiger partial charge >= 0.3 is 18.0 Å². The Kier molecular flexibility index (Phi) is 7.66. The van der Waals surface area contributed by atoms with Crippen molar-refractivity contribution in [1.29, 1.82) is 0 Å². The van der Waals surface area contributed by atoms with E-state index >= 15 is 0 Å². The average Bonchev–Trinajstić information content (AvgIpc) is 2.85. The summed E-state index contributed by atoms with van der Waals surface area (Å²) < 4.78 is 10.5. The highest BCUT2D eigenvalue weighted by Gasteiger charge is 2.51. The molecule has 0 radical (unpaired) electrons. The minimum absolute atomic E-state index is 0.0878. The summed E-state index contributed by atoms with van der Waals surface area (Å²) in [5, 5.41) is 9.32. The lowest BCUT2D eigenvalue weighted by Gasteiger charge is -2.56. The number of benzene rings is 1. The predicted octanol–water partition coefficient (Wildman–Crippen LogP) is 4.72. The van der Waals surface area contributed by atoms with Crippen LogP contribution in [0.25, 0.3) is 0 Å². The maximum absolute atomic E-state index is 13.1. The first-order valence-corrected chi connectivity index (χ1v) is 13.9. The van der Waals surface area contributed by atoms with Gasteiger partial charge in [0, 0.05) is 30.6 Å². The Balaban J connectivity index is 1.33. The number of anilines is 1. The van der Waals surface area contributed by atoms with Crippen LogP contribution in [0.15, 0.2) is 35.5 Å². The molecule has 5 aliphatic rings. The van der Waals surface area contributed by atoms with Crippen LogP contribution < -0.4 is 16.0 Å². The van der Waals surface area contributed by atoms with Gasteiger partial charge in [-0.25, -0.2) is 14.4 Å². The fourth-order valence-corrected chi connectivity index (χ4v) is 7.55. The van der Waals surface area contributed by atoms with Gasteiger partial charge in [0.15, 0.2) is 0 Å². The molecule has 4 fully saturated rings. The molecule has 6 rings (SSSR count). The first-order valence-electron chi connectivity index (χ1n) is 13.9. The molecule has 9 heteroatoms. The largest absolute Gasteiger partial charge is 0.460 e. The SMILES string of the molecule is CCCN1C(=O)NC(c2cccc(NC(=O)NC34CC5CC(CC(C5)C3)C4)c2)C(C(=O)OCCOC)=C1C. The van der Waals surface area contributed by atoms with E-state index < -0.39 is 12.0 Å². The summed E-state index contributed by atoms with van der Waals surface area (Å²) in [5.41, 5.74) is 2.17. The van der Waals surface area contributed by atoms with Gasteiger partial charge in [0.05, 0.1) is 18.2 Å². The van der Waals surface area contributed by atoms with Crippen LogP contribution in [0.3, 0.4) is 0 Å². The molecule has 1 aliphatic heterocycles. The number of nitrogens with one attached hydrogen (secondary N) is 3. The van der Waals surface area contributed by atoms with Crippen LogP contribution in [-0.2, 0) is 14.3 Å². The predicted molar refractivity (Wildman–Crippen MR) is 143 cm³/mol. The lowest BCUT2D eigenvalue weighted by Crippen LogP contribution is -2.60. The standard InChI is InChI=1S/C29H40N4O5/c1-4-8-33-18(2)24(26(34)38-10-9-37-3)25(31-28(33)36)22-6-5-7-23(14-22)30-27(35)32-29-15-19-11-20(16-29)13-21(12-19)17-29/h5-7,14,19-21,25H,4,8-13,15-17H2,1-3H3,(H,31,36)(H2,30,32,35). The summed E-state index contributed by atoms with van der Waals surface area (Å²) in [5.74, 6) is 1.72. The third kappa shape index (κ3) is 5.39. The number of hydrogen-bond acceptors (Lipinski definition) is 5. The van der Waals surface area contributed by atoms with Gasteiger partial charge in [0.25, 0.3) is 0 Å². The van der Waals surface area contributed by atoms with Crippen molar-refractivity contribution in [2.45, 2.75) is 70.4 Å². The highest BCUT2D eigenvalue weighted by molar-refractivity contribution is 5.95. The van der Waals surface area contributed by atoms with Crippen LogP contribution in [0, 0.1) is 17.8 Å². The number of rotatable bonds is 9. The minimum atomic E-state index is -0.696. The van der Waals surface area contributed by atoms with Crippen LogP contribution in [0.1, 0.15) is 70.4 Å². The fourth-order valence-electron chi connectivity index (χ4n) is 7.55. The molecule has 0 spiro atoms. The molecule has 4 amide bonds. The molecule has 38 heavy (non-hydrogen) atoms. The normalized spacial score (nSPS) is 29.8. The monoisotopic (exact) mass is 524 g/mol. The van der Waals surface area contributed by atoms with Crippen LogP contribution in [0.5, 0.6) is 0 Å². The number of esters is 1. The molecule has 4 saturated carbocycles. The molecule has 1 heterocycles. The van der Waals surface area contributed by atoms with Crippen molar-refractivity contribution in [1.82, 2.24) is 15.5 Å². The van der Waals surface area contributed by atoms with E-state index in [0.717, 1.165) is 43.4 Å². The summed E-state index contributed by atoms with van der Waals surface area (Å²) >= 11 is 0. The van der Waals surface area contributed by atoms with E-state index in [1.807, 2.05) is 31.2 Å². The zero-order chi connectivity index (χ0) is 26.9.